The second kappa shape index (κ2) is 8.18. The van der Waals surface area contributed by atoms with E-state index in [1.165, 1.54) is 24.2 Å². The molecule has 1 saturated heterocycles. The van der Waals surface area contributed by atoms with E-state index in [-0.39, 0.29) is 17.9 Å². The van der Waals surface area contributed by atoms with Crippen molar-refractivity contribution >= 4 is 34.3 Å². The van der Waals surface area contributed by atoms with Crippen molar-refractivity contribution in [3.8, 4) is 0 Å². The molecule has 2 aliphatic rings. The van der Waals surface area contributed by atoms with Crippen LogP contribution in [0.2, 0.25) is 0 Å². The fourth-order valence-electron chi connectivity index (χ4n) is 4.60. The van der Waals surface area contributed by atoms with Gasteiger partial charge in [-0.1, -0.05) is 18.9 Å². The summed E-state index contributed by atoms with van der Waals surface area (Å²) < 4.78 is 2.15. The third-order valence-corrected chi connectivity index (χ3v) is 7.03. The number of thiophene rings is 1. The van der Waals surface area contributed by atoms with E-state index in [2.05, 4.69) is 19.9 Å². The van der Waals surface area contributed by atoms with Crippen LogP contribution in [-0.4, -0.2) is 50.4 Å². The summed E-state index contributed by atoms with van der Waals surface area (Å²) in [7, 11) is 0. The lowest BCUT2D eigenvalue weighted by molar-refractivity contribution is 0.0680. The summed E-state index contributed by atoms with van der Waals surface area (Å²) in [6.07, 6.45) is 10.1. The Morgan fingerprint density at radius 2 is 2.00 bits per heavy atom. The van der Waals surface area contributed by atoms with Gasteiger partial charge in [0.15, 0.2) is 5.65 Å². The number of hydrogen-bond donors (Lipinski definition) is 1. The molecule has 1 atom stereocenters. The third-order valence-electron chi connectivity index (χ3n) is 6.17. The second-order valence-electron chi connectivity index (χ2n) is 8.20. The van der Waals surface area contributed by atoms with Crippen molar-refractivity contribution < 1.29 is 9.59 Å². The Balaban J connectivity index is 1.26. The molecule has 8 heteroatoms. The van der Waals surface area contributed by atoms with Crippen LogP contribution >= 0.6 is 11.3 Å². The fraction of sp³-hybridized carbons (Fsp3) is 0.455. The van der Waals surface area contributed by atoms with Crippen LogP contribution in [0.4, 0.5) is 0 Å². The molecule has 4 heterocycles. The lowest BCUT2D eigenvalue weighted by Gasteiger charge is -2.33. The van der Waals surface area contributed by atoms with Gasteiger partial charge in [0.1, 0.15) is 5.52 Å². The van der Waals surface area contributed by atoms with Crippen LogP contribution in [0.1, 0.15) is 64.6 Å². The molecule has 0 radical (unpaired) electrons. The van der Waals surface area contributed by atoms with Crippen LogP contribution in [0.15, 0.2) is 36.1 Å². The average Bonchev–Trinajstić information content (AvgIpc) is 3.54. The van der Waals surface area contributed by atoms with Gasteiger partial charge in [-0.2, -0.15) is 0 Å². The summed E-state index contributed by atoms with van der Waals surface area (Å²) in [6.45, 7) is 1.27. The highest BCUT2D eigenvalue weighted by Gasteiger charge is 2.26. The SMILES string of the molecule is O=C(NC1CCCN(C(=O)c2cccs2)C1)c1cnc2c(c1)ncn2C1CCCC1. The lowest BCUT2D eigenvalue weighted by atomic mass is 10.0. The minimum Gasteiger partial charge on any atom is -0.347 e. The van der Waals surface area contributed by atoms with Crippen molar-refractivity contribution in [1.82, 2.24) is 24.8 Å². The summed E-state index contributed by atoms with van der Waals surface area (Å²) in [4.78, 5) is 37.1. The zero-order chi connectivity index (χ0) is 20.5. The number of imidazole rings is 1. The Morgan fingerprint density at radius 3 is 2.80 bits per heavy atom. The molecule has 30 heavy (non-hydrogen) atoms. The molecule has 5 rings (SSSR count). The van der Waals surface area contributed by atoms with Crippen LogP contribution in [0.5, 0.6) is 0 Å². The molecule has 3 aromatic heterocycles. The van der Waals surface area contributed by atoms with Gasteiger partial charge in [-0.05, 0) is 43.2 Å². The van der Waals surface area contributed by atoms with Gasteiger partial charge in [-0.15, -0.1) is 11.3 Å². The quantitative estimate of drug-likeness (QED) is 0.695. The summed E-state index contributed by atoms with van der Waals surface area (Å²) in [5, 5.41) is 5.00. The van der Waals surface area contributed by atoms with E-state index < -0.39 is 0 Å². The van der Waals surface area contributed by atoms with E-state index in [1.807, 2.05) is 34.8 Å². The number of rotatable bonds is 4. The maximum atomic E-state index is 12.8. The number of hydrogen-bond acceptors (Lipinski definition) is 5. The Hall–Kier alpha value is -2.74. The van der Waals surface area contributed by atoms with E-state index in [9.17, 15) is 9.59 Å². The first-order valence-corrected chi connectivity index (χ1v) is 11.5. The minimum atomic E-state index is -0.157. The molecule has 3 aromatic rings. The molecule has 1 N–H and O–H groups in total. The largest absolute Gasteiger partial charge is 0.347 e. The number of nitrogens with one attached hydrogen (secondary N) is 1. The lowest BCUT2D eigenvalue weighted by Crippen LogP contribution is -2.49. The fourth-order valence-corrected chi connectivity index (χ4v) is 5.29. The predicted molar refractivity (Wildman–Crippen MR) is 116 cm³/mol. The molecule has 2 amide bonds. The number of pyridine rings is 1. The third kappa shape index (κ3) is 3.71. The van der Waals surface area contributed by atoms with Crippen molar-refractivity contribution in [3.05, 3.63) is 46.5 Å². The number of likely N-dealkylation sites (tertiary alicyclic amines) is 1. The molecule has 7 nitrogen and oxygen atoms in total. The molecule has 1 aliphatic carbocycles. The van der Waals surface area contributed by atoms with Crippen LogP contribution in [0, 0.1) is 0 Å². The first kappa shape index (κ1) is 19.2. The molecular weight excluding hydrogens is 398 g/mol. The standard InChI is InChI=1S/C22H25N5O2S/c28-21(25-16-5-3-9-26(13-16)22(29)19-8-4-10-30-19)15-11-18-20(23-12-15)27(14-24-18)17-6-1-2-7-17/h4,8,10-12,14,16-17H,1-3,5-7,9,13H2,(H,25,28). The van der Waals surface area contributed by atoms with Crippen molar-refractivity contribution in [2.75, 3.05) is 13.1 Å². The van der Waals surface area contributed by atoms with Crippen molar-refractivity contribution in [1.29, 1.82) is 0 Å². The molecule has 0 bridgehead atoms. The topological polar surface area (TPSA) is 80.1 Å². The molecule has 0 aromatic carbocycles. The normalized spacial score (nSPS) is 20.0. The summed E-state index contributed by atoms with van der Waals surface area (Å²) in [5.74, 6) is -0.111. The Kier molecular flexibility index (Phi) is 5.25. The first-order valence-electron chi connectivity index (χ1n) is 10.7. The van der Waals surface area contributed by atoms with Gasteiger partial charge in [0, 0.05) is 31.4 Å². The van der Waals surface area contributed by atoms with E-state index >= 15 is 0 Å². The maximum Gasteiger partial charge on any atom is 0.263 e. The molecule has 2 fully saturated rings. The second-order valence-corrected chi connectivity index (χ2v) is 9.15. The zero-order valence-electron chi connectivity index (χ0n) is 16.8. The number of carbonyl (C=O) groups is 2. The summed E-state index contributed by atoms with van der Waals surface area (Å²) in [6, 6.07) is 5.97. The Bertz CT molecular complexity index is 1050. The minimum absolute atomic E-state index is 0.0458. The van der Waals surface area contributed by atoms with Gasteiger partial charge in [0.2, 0.25) is 0 Å². The molecule has 0 spiro atoms. The molecule has 1 saturated carbocycles. The smallest absolute Gasteiger partial charge is 0.263 e. The maximum absolute atomic E-state index is 12.8. The molecular formula is C22H25N5O2S. The van der Waals surface area contributed by atoms with Crippen LogP contribution < -0.4 is 5.32 Å². The van der Waals surface area contributed by atoms with Crippen LogP contribution in [-0.2, 0) is 0 Å². The zero-order valence-corrected chi connectivity index (χ0v) is 17.6. The van der Waals surface area contributed by atoms with E-state index in [0.29, 0.717) is 18.2 Å². The van der Waals surface area contributed by atoms with E-state index in [4.69, 9.17) is 0 Å². The van der Waals surface area contributed by atoms with Gasteiger partial charge in [0.05, 0.1) is 16.8 Å². The van der Waals surface area contributed by atoms with Crippen molar-refractivity contribution in [2.24, 2.45) is 0 Å². The van der Waals surface area contributed by atoms with Crippen molar-refractivity contribution in [3.63, 3.8) is 0 Å². The number of fused-ring (bicyclic) bond motifs is 1. The number of carbonyl (C=O) groups excluding carboxylic acids is 2. The number of nitrogens with zero attached hydrogens (tertiary/aromatic N) is 4. The van der Waals surface area contributed by atoms with E-state index in [1.54, 1.807) is 6.20 Å². The van der Waals surface area contributed by atoms with Gasteiger partial charge >= 0.3 is 0 Å². The van der Waals surface area contributed by atoms with Gasteiger partial charge in [-0.3, -0.25) is 9.59 Å². The van der Waals surface area contributed by atoms with Gasteiger partial charge in [0.25, 0.3) is 11.8 Å². The summed E-state index contributed by atoms with van der Waals surface area (Å²) in [5.41, 5.74) is 2.12. The molecule has 1 aliphatic heterocycles. The van der Waals surface area contributed by atoms with E-state index in [0.717, 1.165) is 48.3 Å². The Morgan fingerprint density at radius 1 is 1.13 bits per heavy atom. The summed E-state index contributed by atoms with van der Waals surface area (Å²) >= 11 is 1.45. The number of aromatic nitrogens is 3. The van der Waals surface area contributed by atoms with Gasteiger partial charge in [-0.25, -0.2) is 9.97 Å². The highest BCUT2D eigenvalue weighted by atomic mass is 32.1. The van der Waals surface area contributed by atoms with Crippen LogP contribution in [0.3, 0.4) is 0 Å². The molecule has 156 valence electrons. The predicted octanol–water partition coefficient (Wildman–Crippen LogP) is 3.64. The average molecular weight is 424 g/mol. The highest BCUT2D eigenvalue weighted by Crippen LogP contribution is 2.31. The highest BCUT2D eigenvalue weighted by molar-refractivity contribution is 7.12. The number of piperidine rings is 1. The van der Waals surface area contributed by atoms with Gasteiger partial charge < -0.3 is 14.8 Å². The van der Waals surface area contributed by atoms with Crippen LogP contribution in [0.25, 0.3) is 11.2 Å². The van der Waals surface area contributed by atoms with Crippen molar-refractivity contribution in [2.45, 2.75) is 50.6 Å². The monoisotopic (exact) mass is 423 g/mol. The first-order chi connectivity index (χ1) is 14.7. The number of amides is 2. The Labute approximate surface area is 179 Å². The molecule has 1 unspecified atom stereocenters.